The first-order valence-corrected chi connectivity index (χ1v) is 6.24. The van der Waals surface area contributed by atoms with Crippen LogP contribution in [-0.4, -0.2) is 5.91 Å². The average molecular weight is 262 g/mol. The molecular formula is C17H14N2O. The van der Waals surface area contributed by atoms with Crippen molar-refractivity contribution in [2.24, 2.45) is 0 Å². The predicted molar refractivity (Wildman–Crippen MR) is 79.8 cm³/mol. The van der Waals surface area contributed by atoms with Gasteiger partial charge in [-0.15, -0.1) is 0 Å². The molecule has 0 aromatic heterocycles. The smallest absolute Gasteiger partial charge is 0.266 e. The number of nitriles is 1. The summed E-state index contributed by atoms with van der Waals surface area (Å²) in [6.07, 6.45) is 1.60. The molecule has 0 bridgehead atoms. The highest BCUT2D eigenvalue weighted by Crippen LogP contribution is 2.13. The highest BCUT2D eigenvalue weighted by Gasteiger charge is 2.09. The average Bonchev–Trinajstić information content (AvgIpc) is 2.47. The fourth-order valence-electron chi connectivity index (χ4n) is 1.77. The SMILES string of the molecule is Cc1ccccc1C=C(C#N)C(=O)Nc1ccccc1. The van der Waals surface area contributed by atoms with E-state index >= 15 is 0 Å². The van der Waals surface area contributed by atoms with Crippen molar-refractivity contribution in [3.8, 4) is 6.07 Å². The minimum absolute atomic E-state index is 0.0863. The van der Waals surface area contributed by atoms with Gasteiger partial charge in [0.05, 0.1) is 0 Å². The molecule has 0 radical (unpaired) electrons. The van der Waals surface area contributed by atoms with Gasteiger partial charge < -0.3 is 5.32 Å². The van der Waals surface area contributed by atoms with Gasteiger partial charge in [-0.3, -0.25) is 4.79 Å². The molecule has 0 heterocycles. The molecule has 0 atom stereocenters. The second-order valence-corrected chi connectivity index (χ2v) is 4.35. The number of benzene rings is 2. The lowest BCUT2D eigenvalue weighted by Crippen LogP contribution is -2.13. The summed E-state index contributed by atoms with van der Waals surface area (Å²) in [5, 5.41) is 11.9. The molecule has 0 saturated carbocycles. The van der Waals surface area contributed by atoms with Gasteiger partial charge >= 0.3 is 0 Å². The molecule has 1 amide bonds. The Morgan fingerprint density at radius 3 is 2.40 bits per heavy atom. The van der Waals surface area contributed by atoms with Crippen LogP contribution >= 0.6 is 0 Å². The molecule has 2 aromatic carbocycles. The van der Waals surface area contributed by atoms with Crippen molar-refractivity contribution >= 4 is 17.7 Å². The molecule has 0 aliphatic carbocycles. The highest BCUT2D eigenvalue weighted by atomic mass is 16.1. The lowest BCUT2D eigenvalue weighted by molar-refractivity contribution is -0.112. The van der Waals surface area contributed by atoms with Gasteiger partial charge in [0, 0.05) is 5.69 Å². The van der Waals surface area contributed by atoms with Crippen LogP contribution in [0.1, 0.15) is 11.1 Å². The second kappa shape index (κ2) is 6.35. The summed E-state index contributed by atoms with van der Waals surface area (Å²) >= 11 is 0. The number of hydrogen-bond acceptors (Lipinski definition) is 2. The quantitative estimate of drug-likeness (QED) is 0.679. The number of carbonyl (C=O) groups excluding carboxylic acids is 1. The Bertz CT molecular complexity index is 682. The Morgan fingerprint density at radius 1 is 1.10 bits per heavy atom. The number of aryl methyl sites for hydroxylation is 1. The van der Waals surface area contributed by atoms with Crippen molar-refractivity contribution in [2.75, 3.05) is 5.32 Å². The minimum atomic E-state index is -0.401. The molecule has 0 aliphatic heterocycles. The van der Waals surface area contributed by atoms with Crippen molar-refractivity contribution in [1.82, 2.24) is 0 Å². The van der Waals surface area contributed by atoms with E-state index in [0.717, 1.165) is 11.1 Å². The number of hydrogen-bond donors (Lipinski definition) is 1. The lowest BCUT2D eigenvalue weighted by atomic mass is 10.1. The summed E-state index contributed by atoms with van der Waals surface area (Å²) < 4.78 is 0. The summed E-state index contributed by atoms with van der Waals surface area (Å²) in [5.41, 5.74) is 2.65. The highest BCUT2D eigenvalue weighted by molar-refractivity contribution is 6.09. The molecule has 20 heavy (non-hydrogen) atoms. The fourth-order valence-corrected chi connectivity index (χ4v) is 1.77. The first kappa shape index (κ1) is 13.6. The molecule has 0 aliphatic rings. The number of carbonyl (C=O) groups is 1. The van der Waals surface area contributed by atoms with Gasteiger partial charge in [0.2, 0.25) is 0 Å². The third-order valence-electron chi connectivity index (χ3n) is 2.89. The van der Waals surface area contributed by atoms with E-state index in [-0.39, 0.29) is 5.57 Å². The maximum absolute atomic E-state index is 12.1. The van der Waals surface area contributed by atoms with Crippen LogP contribution in [0, 0.1) is 18.3 Å². The number of nitrogens with one attached hydrogen (secondary N) is 1. The Balaban J connectivity index is 2.23. The normalized spacial score (nSPS) is 10.7. The van der Waals surface area contributed by atoms with Gasteiger partial charge in [0.1, 0.15) is 11.6 Å². The van der Waals surface area contributed by atoms with Crippen LogP contribution in [0.3, 0.4) is 0 Å². The molecule has 0 unspecified atom stereocenters. The van der Waals surface area contributed by atoms with Crippen LogP contribution in [0.5, 0.6) is 0 Å². The summed E-state index contributed by atoms with van der Waals surface area (Å²) in [6.45, 7) is 1.94. The molecule has 98 valence electrons. The van der Waals surface area contributed by atoms with E-state index in [1.807, 2.05) is 55.5 Å². The topological polar surface area (TPSA) is 52.9 Å². The number of para-hydroxylation sites is 1. The first-order valence-electron chi connectivity index (χ1n) is 6.24. The molecule has 3 nitrogen and oxygen atoms in total. The number of anilines is 1. The van der Waals surface area contributed by atoms with E-state index in [0.29, 0.717) is 5.69 Å². The largest absolute Gasteiger partial charge is 0.321 e. The standard InChI is InChI=1S/C17H14N2O/c1-13-7-5-6-8-14(13)11-15(12-18)17(20)19-16-9-3-2-4-10-16/h2-11H,1H3,(H,19,20). The predicted octanol–water partition coefficient (Wildman–Crippen LogP) is 3.54. The van der Waals surface area contributed by atoms with Crippen molar-refractivity contribution in [2.45, 2.75) is 6.92 Å². The monoisotopic (exact) mass is 262 g/mol. The molecule has 2 aromatic rings. The van der Waals surface area contributed by atoms with Gasteiger partial charge in [-0.05, 0) is 36.3 Å². The molecule has 3 heteroatoms. The summed E-state index contributed by atoms with van der Waals surface area (Å²) in [4.78, 5) is 12.1. The zero-order chi connectivity index (χ0) is 14.4. The Kier molecular flexibility index (Phi) is 4.31. The van der Waals surface area contributed by atoms with Crippen LogP contribution in [0.15, 0.2) is 60.2 Å². The van der Waals surface area contributed by atoms with Gasteiger partial charge in [0.15, 0.2) is 0 Å². The van der Waals surface area contributed by atoms with Crippen LogP contribution in [0.25, 0.3) is 6.08 Å². The first-order chi connectivity index (χ1) is 9.70. The second-order valence-electron chi connectivity index (χ2n) is 4.35. The molecule has 0 spiro atoms. The zero-order valence-corrected chi connectivity index (χ0v) is 11.1. The van der Waals surface area contributed by atoms with Crippen molar-refractivity contribution in [1.29, 1.82) is 5.26 Å². The molecular weight excluding hydrogens is 248 g/mol. The van der Waals surface area contributed by atoms with E-state index in [9.17, 15) is 4.79 Å². The zero-order valence-electron chi connectivity index (χ0n) is 11.1. The number of nitrogens with zero attached hydrogens (tertiary/aromatic N) is 1. The van der Waals surface area contributed by atoms with Crippen LogP contribution in [0.4, 0.5) is 5.69 Å². The van der Waals surface area contributed by atoms with E-state index in [4.69, 9.17) is 5.26 Å². The van der Waals surface area contributed by atoms with E-state index in [1.54, 1.807) is 18.2 Å². The van der Waals surface area contributed by atoms with Crippen LogP contribution < -0.4 is 5.32 Å². The third kappa shape index (κ3) is 3.33. The fraction of sp³-hybridized carbons (Fsp3) is 0.0588. The lowest BCUT2D eigenvalue weighted by Gasteiger charge is -2.04. The number of rotatable bonds is 3. The Morgan fingerprint density at radius 2 is 1.75 bits per heavy atom. The van der Waals surface area contributed by atoms with Gasteiger partial charge in [-0.25, -0.2) is 0 Å². The van der Waals surface area contributed by atoms with E-state index in [1.165, 1.54) is 0 Å². The molecule has 0 fully saturated rings. The number of amides is 1. The van der Waals surface area contributed by atoms with Gasteiger partial charge in [-0.2, -0.15) is 5.26 Å². The summed E-state index contributed by atoms with van der Waals surface area (Å²) in [7, 11) is 0. The molecule has 1 N–H and O–H groups in total. The third-order valence-corrected chi connectivity index (χ3v) is 2.89. The minimum Gasteiger partial charge on any atom is -0.321 e. The van der Waals surface area contributed by atoms with Gasteiger partial charge in [-0.1, -0.05) is 42.5 Å². The van der Waals surface area contributed by atoms with Crippen molar-refractivity contribution in [3.63, 3.8) is 0 Å². The van der Waals surface area contributed by atoms with Crippen molar-refractivity contribution in [3.05, 3.63) is 71.3 Å². The summed E-state index contributed by atoms with van der Waals surface area (Å²) in [5.74, 6) is -0.401. The van der Waals surface area contributed by atoms with Crippen molar-refractivity contribution < 1.29 is 4.79 Å². The Hall–Kier alpha value is -2.86. The Labute approximate surface area is 118 Å². The molecule has 0 saturated heterocycles. The van der Waals surface area contributed by atoms with E-state index in [2.05, 4.69) is 5.32 Å². The van der Waals surface area contributed by atoms with E-state index < -0.39 is 5.91 Å². The van der Waals surface area contributed by atoms with Gasteiger partial charge in [0.25, 0.3) is 5.91 Å². The van der Waals surface area contributed by atoms with Crippen LogP contribution in [-0.2, 0) is 4.79 Å². The maximum Gasteiger partial charge on any atom is 0.266 e. The summed E-state index contributed by atoms with van der Waals surface area (Å²) in [6, 6.07) is 18.6. The van der Waals surface area contributed by atoms with Crippen LogP contribution in [0.2, 0.25) is 0 Å². The molecule has 2 rings (SSSR count). The maximum atomic E-state index is 12.1.